The van der Waals surface area contributed by atoms with Crippen molar-refractivity contribution in [3.05, 3.63) is 69.4 Å². The number of nitrogens with zero attached hydrogens (tertiary/aromatic N) is 5. The van der Waals surface area contributed by atoms with Gasteiger partial charge in [0.1, 0.15) is 23.1 Å². The van der Waals surface area contributed by atoms with Gasteiger partial charge in [0.2, 0.25) is 0 Å². The lowest BCUT2D eigenvalue weighted by Gasteiger charge is -1.91. The fourth-order valence-electron chi connectivity index (χ4n) is 2.06. The summed E-state index contributed by atoms with van der Waals surface area (Å²) < 4.78 is 21.0. The molecule has 6 nitrogen and oxygen atoms in total. The van der Waals surface area contributed by atoms with Crippen LogP contribution in [0.2, 0.25) is 0 Å². The van der Waals surface area contributed by atoms with Gasteiger partial charge in [-0.25, -0.2) is 9.97 Å². The lowest BCUT2D eigenvalue weighted by molar-refractivity contribution is 0.111. The molecule has 26 heavy (non-hydrogen) atoms. The first-order valence-corrected chi connectivity index (χ1v) is 8.58. The third-order valence-electron chi connectivity index (χ3n) is 3.08. The summed E-state index contributed by atoms with van der Waals surface area (Å²) in [5.41, 5.74) is 2.45. The molecule has 0 saturated heterocycles. The van der Waals surface area contributed by atoms with E-state index in [1.165, 1.54) is 0 Å². The molecule has 4 aromatic heterocycles. The van der Waals surface area contributed by atoms with E-state index in [0.717, 1.165) is 26.5 Å². The van der Waals surface area contributed by atoms with Crippen LogP contribution in [0.5, 0.6) is 0 Å². The Morgan fingerprint density at radius 3 is 2.15 bits per heavy atom. The molecule has 0 unspecified atom stereocenters. The van der Waals surface area contributed by atoms with Crippen molar-refractivity contribution in [1.82, 2.24) is 18.8 Å². The number of imidazole rings is 2. The number of alkyl halides is 1. The quantitative estimate of drug-likeness (QED) is 0.376. The molecule has 9 heteroatoms. The molecule has 0 aliphatic heterocycles. The number of hydrogen-bond donors (Lipinski definition) is 0. The molecule has 0 spiro atoms. The molecular formula is C17H12Br2FN5O. The molecule has 4 rings (SSSR count). The number of pyridine rings is 2. The molecular weight excluding hydrogens is 469 g/mol. The number of aromatic nitrogens is 4. The summed E-state index contributed by atoms with van der Waals surface area (Å²) in [6.45, 7) is 0. The second kappa shape index (κ2) is 9.22. The first kappa shape index (κ1) is 18.2. The molecule has 4 aromatic rings. The third kappa shape index (κ3) is 4.74. The molecule has 0 aliphatic rings. The first-order valence-electron chi connectivity index (χ1n) is 7.70. The van der Waals surface area contributed by atoms with E-state index in [2.05, 4.69) is 41.8 Å². The highest BCUT2D eigenvalue weighted by Gasteiger charge is 1.99. The largest absolute Gasteiger partial charge is 0.305 e. The fourth-order valence-corrected chi connectivity index (χ4v) is 2.77. The molecule has 0 radical (unpaired) electrons. The molecule has 0 amide bonds. The van der Waals surface area contributed by atoms with Crippen LogP contribution in [0.25, 0.3) is 11.3 Å². The van der Waals surface area contributed by atoms with Gasteiger partial charge in [0.05, 0.1) is 8.52 Å². The lowest BCUT2D eigenvalue weighted by Crippen LogP contribution is -1.80. The Balaban J connectivity index is 0.000000170. The number of carbonyl (C=O) groups is 1. The summed E-state index contributed by atoms with van der Waals surface area (Å²) >= 11 is 6.66. The number of nitriles is 1. The van der Waals surface area contributed by atoms with Crippen molar-refractivity contribution in [3.8, 4) is 6.07 Å². The molecule has 0 atom stereocenters. The highest BCUT2D eigenvalue weighted by molar-refractivity contribution is 9.10. The van der Waals surface area contributed by atoms with Crippen LogP contribution in [-0.2, 0) is 0 Å². The van der Waals surface area contributed by atoms with Gasteiger partial charge < -0.3 is 8.80 Å². The van der Waals surface area contributed by atoms with E-state index in [1.807, 2.05) is 47.1 Å². The summed E-state index contributed by atoms with van der Waals surface area (Å²) in [5, 5.41) is 8.57. The van der Waals surface area contributed by atoms with Gasteiger partial charge in [0.15, 0.2) is 12.0 Å². The summed E-state index contributed by atoms with van der Waals surface area (Å²) in [6.07, 6.45) is 7.84. The molecule has 0 aromatic carbocycles. The minimum absolute atomic E-state index is 0.438. The number of aldehydes is 1. The van der Waals surface area contributed by atoms with E-state index in [9.17, 15) is 9.18 Å². The molecule has 0 N–H and O–H groups in total. The molecule has 0 saturated carbocycles. The van der Waals surface area contributed by atoms with Gasteiger partial charge in [-0.3, -0.25) is 9.18 Å². The van der Waals surface area contributed by atoms with Gasteiger partial charge in [0.25, 0.3) is 0 Å². The Labute approximate surface area is 166 Å². The van der Waals surface area contributed by atoms with E-state index in [0.29, 0.717) is 11.4 Å². The first-order chi connectivity index (χ1) is 13.0. The molecule has 0 fully saturated rings. The summed E-state index contributed by atoms with van der Waals surface area (Å²) in [7, 11) is -1.00. The summed E-state index contributed by atoms with van der Waals surface area (Å²) in [6, 6.07) is 9.46. The summed E-state index contributed by atoms with van der Waals surface area (Å²) in [5.74, 6) is 0. The van der Waals surface area contributed by atoms with Gasteiger partial charge in [-0.05, 0) is 56.1 Å². The Hall–Kier alpha value is -2.57. The standard InChI is InChI=1S/C8H4BrN3.C8H5BrN2O.CH3F/c9-6-1-2-8-11-7(3-10)5-12(8)4-6;9-6-1-2-8-10-7(5-12)4-11(8)3-6;1-2/h1-2,4-5H;1-5H;1H3/i;;1D. The summed E-state index contributed by atoms with van der Waals surface area (Å²) in [4.78, 5) is 18.5. The Morgan fingerprint density at radius 2 is 1.62 bits per heavy atom. The van der Waals surface area contributed by atoms with Crippen molar-refractivity contribution in [3.63, 3.8) is 0 Å². The van der Waals surface area contributed by atoms with Gasteiger partial charge in [0, 0.05) is 33.7 Å². The Kier molecular flexibility index (Phi) is 6.46. The average Bonchev–Trinajstić information content (AvgIpc) is 3.25. The SMILES string of the molecule is N#Cc1cn2cc(Br)ccc2n1.O=Cc1cn2cc(Br)ccc2n1.[2H]CF. The van der Waals surface area contributed by atoms with Crippen molar-refractivity contribution in [2.75, 3.05) is 7.15 Å². The van der Waals surface area contributed by atoms with Crippen LogP contribution >= 0.6 is 31.9 Å². The third-order valence-corrected chi connectivity index (χ3v) is 4.02. The Morgan fingerprint density at radius 1 is 1.08 bits per heavy atom. The van der Waals surface area contributed by atoms with Crippen LogP contribution in [0.1, 0.15) is 17.6 Å². The highest BCUT2D eigenvalue weighted by Crippen LogP contribution is 2.12. The maximum absolute atomic E-state index is 10.4. The van der Waals surface area contributed by atoms with E-state index in [1.54, 1.807) is 16.8 Å². The van der Waals surface area contributed by atoms with Crippen LogP contribution < -0.4 is 0 Å². The smallest absolute Gasteiger partial charge is 0.170 e. The van der Waals surface area contributed by atoms with Crippen LogP contribution in [0.15, 0.2) is 58.0 Å². The van der Waals surface area contributed by atoms with Crippen LogP contribution in [0.4, 0.5) is 4.39 Å². The maximum Gasteiger partial charge on any atom is 0.170 e. The number of halogens is 3. The van der Waals surface area contributed by atoms with E-state index >= 15 is 0 Å². The minimum Gasteiger partial charge on any atom is -0.305 e. The number of rotatable bonds is 1. The second-order valence-corrected chi connectivity index (χ2v) is 6.58. The van der Waals surface area contributed by atoms with E-state index in [-0.39, 0.29) is 0 Å². The van der Waals surface area contributed by atoms with Crippen LogP contribution in [-0.4, -0.2) is 32.2 Å². The monoisotopic (exact) mass is 480 g/mol. The second-order valence-electron chi connectivity index (χ2n) is 4.75. The van der Waals surface area contributed by atoms with Crippen molar-refractivity contribution in [2.45, 2.75) is 0 Å². The molecule has 132 valence electrons. The number of fused-ring (bicyclic) bond motifs is 2. The van der Waals surface area contributed by atoms with Crippen molar-refractivity contribution in [2.24, 2.45) is 0 Å². The average molecular weight is 482 g/mol. The predicted octanol–water partition coefficient (Wildman–Crippen LogP) is 4.46. The minimum atomic E-state index is -1.00. The lowest BCUT2D eigenvalue weighted by atomic mass is 10.5. The zero-order valence-corrected chi connectivity index (χ0v) is 16.4. The van der Waals surface area contributed by atoms with Gasteiger partial charge >= 0.3 is 0 Å². The van der Waals surface area contributed by atoms with E-state index in [4.69, 9.17) is 6.63 Å². The maximum atomic E-state index is 10.4. The van der Waals surface area contributed by atoms with Crippen molar-refractivity contribution >= 4 is 49.4 Å². The number of carbonyl (C=O) groups excluding carboxylic acids is 1. The van der Waals surface area contributed by atoms with Crippen LogP contribution in [0.3, 0.4) is 0 Å². The van der Waals surface area contributed by atoms with Crippen molar-refractivity contribution < 1.29 is 10.6 Å². The fraction of sp³-hybridized carbons (Fsp3) is 0.0588. The van der Waals surface area contributed by atoms with Gasteiger partial charge in [-0.15, -0.1) is 0 Å². The predicted molar refractivity (Wildman–Crippen MR) is 103 cm³/mol. The number of hydrogen-bond acceptors (Lipinski definition) is 4. The topological polar surface area (TPSA) is 75.5 Å². The van der Waals surface area contributed by atoms with Crippen LogP contribution in [0, 0.1) is 11.3 Å². The Bertz CT molecular complexity index is 1110. The van der Waals surface area contributed by atoms with Crippen molar-refractivity contribution in [1.29, 1.82) is 5.26 Å². The zero-order valence-electron chi connectivity index (χ0n) is 14.2. The van der Waals surface area contributed by atoms with Gasteiger partial charge in [-0.1, -0.05) is 0 Å². The zero-order chi connectivity index (χ0) is 19.8. The normalized spacial score (nSPS) is 10.2. The van der Waals surface area contributed by atoms with E-state index < -0.39 is 7.15 Å². The highest BCUT2D eigenvalue weighted by atomic mass is 79.9. The van der Waals surface area contributed by atoms with Gasteiger partial charge in [-0.2, -0.15) is 5.26 Å². The molecule has 0 bridgehead atoms. The molecule has 0 aliphatic carbocycles. The molecule has 4 heterocycles.